The molecule has 0 bridgehead atoms. The van der Waals surface area contributed by atoms with Gasteiger partial charge in [0.05, 0.1) is 6.61 Å². The summed E-state index contributed by atoms with van der Waals surface area (Å²) in [4.78, 5) is 10.7. The molecular weight excluding hydrogens is 219 g/mol. The van der Waals surface area contributed by atoms with Crippen LogP contribution in [0, 0.1) is 0 Å². The highest BCUT2D eigenvalue weighted by Crippen LogP contribution is 2.09. The van der Waals surface area contributed by atoms with Crippen molar-refractivity contribution in [2.45, 2.75) is 64.7 Å². The van der Waals surface area contributed by atoms with Crippen molar-refractivity contribution in [1.29, 1.82) is 0 Å². The Morgan fingerprint density at radius 3 is 1.94 bits per heavy atom. The van der Waals surface area contributed by atoms with Crippen LogP contribution in [0.3, 0.4) is 0 Å². The second-order valence-corrected chi connectivity index (χ2v) is 4.37. The molecule has 0 saturated carbocycles. The van der Waals surface area contributed by atoms with Crippen molar-refractivity contribution >= 4 is 5.97 Å². The average Bonchev–Trinajstić information content (AvgIpc) is 2.31. The molecule has 0 unspecified atom stereocenters. The molecule has 0 N–H and O–H groups in total. The smallest absolute Gasteiger partial charge is 0.366 e. The Morgan fingerprint density at radius 1 is 1.00 bits per heavy atom. The largest absolute Gasteiger partial charge is 0.460 e. The number of halogens is 1. The van der Waals surface area contributed by atoms with Gasteiger partial charge in [0, 0.05) is 0 Å². The second kappa shape index (κ2) is 11.6. The van der Waals surface area contributed by atoms with Crippen LogP contribution in [0.1, 0.15) is 64.7 Å². The number of ether oxygens (including phenoxy) is 1. The normalized spacial score (nSPS) is 10.2. The first-order chi connectivity index (χ1) is 8.18. The monoisotopic (exact) mass is 244 g/mol. The summed E-state index contributed by atoms with van der Waals surface area (Å²) in [7, 11) is 0. The standard InChI is InChI=1S/C14H25FO2/c1-3-4-5-6-7-8-9-10-11-12-17-14(16)13(2)15/h2-12H2,1H3. The molecule has 0 aliphatic rings. The van der Waals surface area contributed by atoms with Gasteiger partial charge < -0.3 is 4.74 Å². The molecule has 0 aromatic carbocycles. The number of unbranched alkanes of at least 4 members (excludes halogenated alkanes) is 8. The Labute approximate surface area is 104 Å². The lowest BCUT2D eigenvalue weighted by molar-refractivity contribution is -0.140. The average molecular weight is 244 g/mol. The van der Waals surface area contributed by atoms with Crippen molar-refractivity contribution in [3.63, 3.8) is 0 Å². The van der Waals surface area contributed by atoms with Crippen LogP contribution in [0.5, 0.6) is 0 Å². The highest BCUT2D eigenvalue weighted by Gasteiger charge is 2.05. The molecule has 3 heteroatoms. The summed E-state index contributed by atoms with van der Waals surface area (Å²) < 4.78 is 16.9. The molecule has 0 atom stereocenters. The summed E-state index contributed by atoms with van der Waals surface area (Å²) in [6.45, 7) is 5.40. The topological polar surface area (TPSA) is 26.3 Å². The summed E-state index contributed by atoms with van der Waals surface area (Å²) in [5.41, 5.74) is 0. The maximum absolute atomic E-state index is 12.2. The fourth-order valence-corrected chi connectivity index (χ4v) is 1.66. The molecule has 0 radical (unpaired) electrons. The molecular formula is C14H25FO2. The van der Waals surface area contributed by atoms with Crippen molar-refractivity contribution in [2.24, 2.45) is 0 Å². The van der Waals surface area contributed by atoms with E-state index in [1.165, 1.54) is 44.9 Å². The minimum absolute atomic E-state index is 0.303. The predicted molar refractivity (Wildman–Crippen MR) is 68.4 cm³/mol. The molecule has 0 fully saturated rings. The van der Waals surface area contributed by atoms with Crippen LogP contribution >= 0.6 is 0 Å². The van der Waals surface area contributed by atoms with E-state index in [4.69, 9.17) is 0 Å². The third kappa shape index (κ3) is 11.4. The molecule has 2 nitrogen and oxygen atoms in total. The van der Waals surface area contributed by atoms with Gasteiger partial charge in [0.25, 0.3) is 0 Å². The molecule has 0 aliphatic heterocycles. The summed E-state index contributed by atoms with van der Waals surface area (Å²) in [6.07, 6.45) is 10.8. The molecule has 0 aliphatic carbocycles. The first-order valence-electron chi connectivity index (χ1n) is 6.70. The van der Waals surface area contributed by atoms with Gasteiger partial charge in [-0.2, -0.15) is 4.39 Å². The fraction of sp³-hybridized carbons (Fsp3) is 0.786. The predicted octanol–water partition coefficient (Wildman–Crippen LogP) is 4.54. The zero-order valence-electron chi connectivity index (χ0n) is 11.0. The molecule has 0 heterocycles. The Hall–Kier alpha value is -0.860. The van der Waals surface area contributed by atoms with Gasteiger partial charge in [0.1, 0.15) is 0 Å². The minimum Gasteiger partial charge on any atom is -0.460 e. The third-order valence-corrected chi connectivity index (χ3v) is 2.70. The lowest BCUT2D eigenvalue weighted by atomic mass is 10.1. The molecule has 0 saturated heterocycles. The van der Waals surface area contributed by atoms with Crippen LogP contribution in [-0.4, -0.2) is 12.6 Å². The molecule has 0 aromatic rings. The number of rotatable bonds is 11. The summed E-state index contributed by atoms with van der Waals surface area (Å²) >= 11 is 0. The van der Waals surface area contributed by atoms with Crippen LogP contribution in [0.25, 0.3) is 0 Å². The van der Waals surface area contributed by atoms with Gasteiger partial charge in [-0.3, -0.25) is 0 Å². The zero-order valence-corrected chi connectivity index (χ0v) is 11.0. The van der Waals surface area contributed by atoms with Gasteiger partial charge >= 0.3 is 5.97 Å². The first kappa shape index (κ1) is 16.1. The number of carbonyl (C=O) groups excluding carboxylic acids is 1. The third-order valence-electron chi connectivity index (χ3n) is 2.70. The SMILES string of the molecule is C=C(F)C(=O)OCCCCCCCCCCC. The van der Waals surface area contributed by atoms with E-state index >= 15 is 0 Å². The summed E-state index contributed by atoms with van der Waals surface area (Å²) in [5.74, 6) is -1.94. The Morgan fingerprint density at radius 2 is 1.47 bits per heavy atom. The fourth-order valence-electron chi connectivity index (χ4n) is 1.66. The first-order valence-corrected chi connectivity index (χ1v) is 6.70. The highest BCUT2D eigenvalue weighted by molar-refractivity contribution is 5.85. The van der Waals surface area contributed by atoms with E-state index in [0.29, 0.717) is 6.61 Å². The van der Waals surface area contributed by atoms with Gasteiger partial charge in [0.15, 0.2) is 0 Å². The molecule has 100 valence electrons. The Balaban J connectivity index is 3.08. The van der Waals surface area contributed by atoms with Gasteiger partial charge in [-0.15, -0.1) is 0 Å². The minimum atomic E-state index is -1.01. The van der Waals surface area contributed by atoms with Crippen LogP contribution in [0.15, 0.2) is 12.4 Å². The van der Waals surface area contributed by atoms with Crippen molar-refractivity contribution in [3.05, 3.63) is 12.4 Å². The van der Waals surface area contributed by atoms with Gasteiger partial charge in [-0.05, 0) is 6.42 Å². The van der Waals surface area contributed by atoms with E-state index in [9.17, 15) is 9.18 Å². The maximum atomic E-state index is 12.2. The Bertz CT molecular complexity index is 214. The second-order valence-electron chi connectivity index (χ2n) is 4.37. The lowest BCUT2D eigenvalue weighted by Gasteiger charge is -2.03. The van der Waals surface area contributed by atoms with Gasteiger partial charge in [-0.1, -0.05) is 64.9 Å². The van der Waals surface area contributed by atoms with Crippen molar-refractivity contribution < 1.29 is 13.9 Å². The van der Waals surface area contributed by atoms with Crippen molar-refractivity contribution in [1.82, 2.24) is 0 Å². The summed E-state index contributed by atoms with van der Waals surface area (Å²) in [6, 6.07) is 0. The highest BCUT2D eigenvalue weighted by atomic mass is 19.1. The van der Waals surface area contributed by atoms with Crippen LogP contribution < -0.4 is 0 Å². The van der Waals surface area contributed by atoms with E-state index in [0.717, 1.165) is 12.8 Å². The molecule has 0 aromatic heterocycles. The quantitative estimate of drug-likeness (QED) is 0.303. The summed E-state index contributed by atoms with van der Waals surface area (Å²) in [5, 5.41) is 0. The number of esters is 1. The number of hydrogen-bond acceptors (Lipinski definition) is 2. The lowest BCUT2D eigenvalue weighted by Crippen LogP contribution is -2.05. The Kier molecular flexibility index (Phi) is 11.0. The zero-order chi connectivity index (χ0) is 12.9. The van der Waals surface area contributed by atoms with E-state index in [-0.39, 0.29) is 0 Å². The van der Waals surface area contributed by atoms with Crippen LogP contribution in [0.2, 0.25) is 0 Å². The number of hydrogen-bond donors (Lipinski definition) is 0. The van der Waals surface area contributed by atoms with Gasteiger partial charge in [-0.25, -0.2) is 4.79 Å². The van der Waals surface area contributed by atoms with E-state index in [2.05, 4.69) is 18.2 Å². The van der Waals surface area contributed by atoms with E-state index in [1.807, 2.05) is 0 Å². The van der Waals surface area contributed by atoms with Crippen LogP contribution in [-0.2, 0) is 9.53 Å². The van der Waals surface area contributed by atoms with E-state index in [1.54, 1.807) is 0 Å². The molecule has 0 rings (SSSR count). The van der Waals surface area contributed by atoms with Crippen LogP contribution in [0.4, 0.5) is 4.39 Å². The van der Waals surface area contributed by atoms with Gasteiger partial charge in [0.2, 0.25) is 5.83 Å². The van der Waals surface area contributed by atoms with E-state index < -0.39 is 11.8 Å². The molecule has 17 heavy (non-hydrogen) atoms. The number of carbonyl (C=O) groups is 1. The van der Waals surface area contributed by atoms with Crippen molar-refractivity contribution in [3.8, 4) is 0 Å². The van der Waals surface area contributed by atoms with Crippen molar-refractivity contribution in [2.75, 3.05) is 6.61 Å². The molecule has 0 spiro atoms. The molecule has 0 amide bonds. The maximum Gasteiger partial charge on any atom is 0.366 e.